The number of rotatable bonds is 1. The van der Waals surface area contributed by atoms with Gasteiger partial charge in [-0.15, -0.1) is 11.6 Å². The normalized spacial score (nSPS) is 36.7. The zero-order valence-electron chi connectivity index (χ0n) is 6.67. The Morgan fingerprint density at radius 1 is 1.73 bits per heavy atom. The second kappa shape index (κ2) is 2.88. The van der Waals surface area contributed by atoms with Crippen molar-refractivity contribution < 1.29 is 4.74 Å². The van der Waals surface area contributed by atoms with Crippen LogP contribution in [0.1, 0.15) is 6.92 Å². The van der Waals surface area contributed by atoms with Gasteiger partial charge in [0, 0.05) is 6.04 Å². The van der Waals surface area contributed by atoms with Crippen LogP contribution in [-0.4, -0.2) is 18.0 Å². The van der Waals surface area contributed by atoms with Gasteiger partial charge in [0.25, 0.3) is 0 Å². The van der Waals surface area contributed by atoms with Crippen LogP contribution in [0.5, 0.6) is 0 Å². The van der Waals surface area contributed by atoms with Crippen molar-refractivity contribution in [1.82, 2.24) is 0 Å². The van der Waals surface area contributed by atoms with Crippen LogP contribution in [-0.2, 0) is 4.74 Å². The van der Waals surface area contributed by atoms with Crippen molar-refractivity contribution in [2.24, 2.45) is 5.73 Å². The van der Waals surface area contributed by atoms with Crippen LogP contribution in [0.2, 0.25) is 0 Å². The third-order valence-corrected chi connectivity index (χ3v) is 2.18. The topological polar surface area (TPSA) is 35.2 Å². The highest BCUT2D eigenvalue weighted by Crippen LogP contribution is 2.26. The Morgan fingerprint density at radius 3 is 2.82 bits per heavy atom. The third-order valence-electron chi connectivity index (χ3n) is 1.80. The maximum Gasteiger partial charge on any atom is 0.116 e. The van der Waals surface area contributed by atoms with Gasteiger partial charge in [-0.2, -0.15) is 0 Å². The zero-order valence-corrected chi connectivity index (χ0v) is 7.43. The molecule has 2 N–H and O–H groups in total. The van der Waals surface area contributed by atoms with E-state index in [9.17, 15) is 0 Å². The van der Waals surface area contributed by atoms with E-state index in [1.807, 2.05) is 25.2 Å². The number of methoxy groups -OCH3 is 1. The average molecular weight is 174 g/mol. The van der Waals surface area contributed by atoms with Gasteiger partial charge in [-0.25, -0.2) is 0 Å². The molecule has 62 valence electrons. The molecule has 11 heavy (non-hydrogen) atoms. The Morgan fingerprint density at radius 2 is 2.36 bits per heavy atom. The molecular weight excluding hydrogens is 162 g/mol. The van der Waals surface area contributed by atoms with Gasteiger partial charge in [0.05, 0.1) is 12.0 Å². The Hall–Kier alpha value is -0.470. The molecule has 0 aromatic carbocycles. The van der Waals surface area contributed by atoms with Gasteiger partial charge >= 0.3 is 0 Å². The monoisotopic (exact) mass is 173 g/mol. The maximum atomic E-state index is 6.03. The highest BCUT2D eigenvalue weighted by Gasteiger charge is 2.27. The Kier molecular flexibility index (Phi) is 2.25. The minimum Gasteiger partial charge on any atom is -0.497 e. The van der Waals surface area contributed by atoms with Crippen LogP contribution in [0, 0.1) is 0 Å². The van der Waals surface area contributed by atoms with Gasteiger partial charge in [-0.05, 0) is 19.1 Å². The van der Waals surface area contributed by atoms with E-state index in [0.717, 1.165) is 5.76 Å². The summed E-state index contributed by atoms with van der Waals surface area (Å²) in [4.78, 5) is -0.470. The summed E-state index contributed by atoms with van der Waals surface area (Å²) in [6.45, 7) is 1.87. The van der Waals surface area contributed by atoms with E-state index in [-0.39, 0.29) is 6.04 Å². The summed E-state index contributed by atoms with van der Waals surface area (Å²) in [7, 11) is 1.61. The van der Waals surface area contributed by atoms with E-state index in [4.69, 9.17) is 22.1 Å². The van der Waals surface area contributed by atoms with Gasteiger partial charge in [-0.3, -0.25) is 0 Å². The molecule has 0 aliphatic heterocycles. The average Bonchev–Trinajstić information content (AvgIpc) is 1.95. The predicted octanol–water partition coefficient (Wildman–Crippen LogP) is 1.41. The molecule has 2 unspecified atom stereocenters. The molecule has 0 aromatic rings. The van der Waals surface area contributed by atoms with Gasteiger partial charge in [-0.1, -0.05) is 6.08 Å². The maximum absolute atomic E-state index is 6.03. The lowest BCUT2D eigenvalue weighted by Crippen LogP contribution is -2.39. The van der Waals surface area contributed by atoms with Crippen LogP contribution in [0.3, 0.4) is 0 Å². The number of allylic oxidation sites excluding steroid dienone is 1. The largest absolute Gasteiger partial charge is 0.497 e. The Labute approximate surface area is 71.7 Å². The summed E-state index contributed by atoms with van der Waals surface area (Å²) < 4.78 is 4.99. The minimum atomic E-state index is -0.470. The lowest BCUT2D eigenvalue weighted by Gasteiger charge is -2.26. The van der Waals surface area contributed by atoms with Crippen LogP contribution < -0.4 is 5.73 Å². The zero-order chi connectivity index (χ0) is 8.48. The summed E-state index contributed by atoms with van der Waals surface area (Å²) >= 11 is 6.03. The molecule has 0 bridgehead atoms. The van der Waals surface area contributed by atoms with Crippen molar-refractivity contribution in [3.8, 4) is 0 Å². The molecule has 0 spiro atoms. The van der Waals surface area contributed by atoms with Crippen LogP contribution >= 0.6 is 11.6 Å². The first-order chi connectivity index (χ1) is 5.06. The van der Waals surface area contributed by atoms with E-state index >= 15 is 0 Å². The molecule has 1 rings (SSSR count). The van der Waals surface area contributed by atoms with E-state index in [1.54, 1.807) is 7.11 Å². The molecule has 0 saturated heterocycles. The lowest BCUT2D eigenvalue weighted by molar-refractivity contribution is 0.300. The van der Waals surface area contributed by atoms with Gasteiger partial charge in [0.15, 0.2) is 0 Å². The first kappa shape index (κ1) is 8.62. The fourth-order valence-corrected chi connectivity index (χ4v) is 1.01. The number of halogens is 1. The van der Waals surface area contributed by atoms with Crippen molar-refractivity contribution in [3.05, 3.63) is 24.0 Å². The van der Waals surface area contributed by atoms with Crippen molar-refractivity contribution in [1.29, 1.82) is 0 Å². The number of alkyl halides is 1. The summed E-state index contributed by atoms with van der Waals surface area (Å²) in [6.07, 6.45) is 5.49. The highest BCUT2D eigenvalue weighted by molar-refractivity contribution is 6.25. The lowest BCUT2D eigenvalue weighted by atomic mass is 9.96. The van der Waals surface area contributed by atoms with Crippen LogP contribution in [0.25, 0.3) is 0 Å². The number of nitrogens with two attached hydrogens (primary N) is 1. The minimum absolute atomic E-state index is 0.177. The van der Waals surface area contributed by atoms with Crippen molar-refractivity contribution in [2.45, 2.75) is 17.8 Å². The highest BCUT2D eigenvalue weighted by atomic mass is 35.5. The fraction of sp³-hybridized carbons (Fsp3) is 0.500. The Balaban J connectivity index is 2.80. The SMILES string of the molecule is COC1=CC(N)C(C)(Cl)C=C1. The molecule has 0 fully saturated rings. The number of ether oxygens (including phenoxy) is 1. The van der Waals surface area contributed by atoms with Crippen LogP contribution in [0.4, 0.5) is 0 Å². The van der Waals surface area contributed by atoms with Gasteiger partial charge < -0.3 is 10.5 Å². The molecular formula is C8H12ClNO. The van der Waals surface area contributed by atoms with Crippen molar-refractivity contribution in [3.63, 3.8) is 0 Å². The second-order valence-corrected chi connectivity index (χ2v) is 3.60. The first-order valence-corrected chi connectivity index (χ1v) is 3.83. The molecule has 2 nitrogen and oxygen atoms in total. The standard InChI is InChI=1S/C8H12ClNO/c1-8(9)4-3-6(11-2)5-7(8)10/h3-5,7H,10H2,1-2H3. The molecule has 1 aliphatic carbocycles. The molecule has 0 aromatic heterocycles. The van der Waals surface area contributed by atoms with Crippen molar-refractivity contribution in [2.75, 3.05) is 7.11 Å². The van der Waals surface area contributed by atoms with E-state index < -0.39 is 4.87 Å². The van der Waals surface area contributed by atoms with E-state index in [2.05, 4.69) is 0 Å². The molecule has 0 amide bonds. The molecule has 2 atom stereocenters. The summed E-state index contributed by atoms with van der Waals surface area (Å²) in [5.41, 5.74) is 5.74. The predicted molar refractivity (Wildman–Crippen MR) is 46.5 cm³/mol. The fourth-order valence-electron chi connectivity index (χ4n) is 0.888. The smallest absolute Gasteiger partial charge is 0.116 e. The molecule has 0 radical (unpaired) electrons. The number of hydrogen-bond acceptors (Lipinski definition) is 2. The van der Waals surface area contributed by atoms with E-state index in [0.29, 0.717) is 0 Å². The Bertz CT molecular complexity index is 208. The molecule has 1 aliphatic rings. The summed E-state index contributed by atoms with van der Waals surface area (Å²) in [6, 6.07) is -0.177. The van der Waals surface area contributed by atoms with Crippen molar-refractivity contribution >= 4 is 11.6 Å². The molecule has 3 heteroatoms. The number of hydrogen-bond donors (Lipinski definition) is 1. The van der Waals surface area contributed by atoms with Crippen LogP contribution in [0.15, 0.2) is 24.0 Å². The summed E-state index contributed by atoms with van der Waals surface area (Å²) in [5.74, 6) is 0.774. The molecule has 0 saturated carbocycles. The first-order valence-electron chi connectivity index (χ1n) is 3.46. The third kappa shape index (κ3) is 1.76. The quantitative estimate of drug-likeness (QED) is 0.609. The molecule has 0 heterocycles. The van der Waals surface area contributed by atoms with E-state index in [1.165, 1.54) is 0 Å². The van der Waals surface area contributed by atoms with Gasteiger partial charge in [0.2, 0.25) is 0 Å². The van der Waals surface area contributed by atoms with Gasteiger partial charge in [0.1, 0.15) is 5.76 Å². The summed E-state index contributed by atoms with van der Waals surface area (Å²) in [5, 5.41) is 0. The second-order valence-electron chi connectivity index (χ2n) is 2.78.